The first-order valence-corrected chi connectivity index (χ1v) is 11.5. The fraction of sp³-hybridized carbons (Fsp3) is 0.320. The van der Waals surface area contributed by atoms with Crippen molar-refractivity contribution in [1.29, 1.82) is 0 Å². The van der Waals surface area contributed by atoms with E-state index in [2.05, 4.69) is 71.3 Å². The Kier molecular flexibility index (Phi) is 6.56. The van der Waals surface area contributed by atoms with E-state index < -0.39 is 0 Å². The lowest BCUT2D eigenvalue weighted by Crippen LogP contribution is -2.39. The molecule has 1 saturated heterocycles. The van der Waals surface area contributed by atoms with Gasteiger partial charge >= 0.3 is 0 Å². The van der Waals surface area contributed by atoms with E-state index in [1.54, 1.807) is 24.2 Å². The maximum absolute atomic E-state index is 12.8. The summed E-state index contributed by atoms with van der Waals surface area (Å²) in [6.45, 7) is 7.80. The average Bonchev–Trinajstić information content (AvgIpc) is 2.79. The Morgan fingerprint density at radius 3 is 2.45 bits per heavy atom. The molecule has 3 aromatic rings. The van der Waals surface area contributed by atoms with Crippen molar-refractivity contribution in [2.24, 2.45) is 5.92 Å². The third-order valence-corrected chi connectivity index (χ3v) is 6.90. The number of aryl methyl sites for hydroxylation is 2. The van der Waals surface area contributed by atoms with Crippen LogP contribution in [0.2, 0.25) is 0 Å². The van der Waals surface area contributed by atoms with Gasteiger partial charge in [0.1, 0.15) is 5.03 Å². The largest absolute Gasteiger partial charge is 0.354 e. The fourth-order valence-electron chi connectivity index (χ4n) is 3.80. The first kappa shape index (κ1) is 21.4. The van der Waals surface area contributed by atoms with Gasteiger partial charge in [-0.3, -0.25) is 4.79 Å². The normalized spacial score (nSPS) is 14.5. The van der Waals surface area contributed by atoms with Crippen LogP contribution in [0.4, 0.5) is 11.5 Å². The van der Waals surface area contributed by atoms with Gasteiger partial charge < -0.3 is 10.2 Å². The average molecular weight is 433 g/mol. The van der Waals surface area contributed by atoms with Crippen LogP contribution in [-0.2, 0) is 4.79 Å². The number of aromatic nitrogens is 2. The molecule has 2 heterocycles. The molecule has 0 spiro atoms. The van der Waals surface area contributed by atoms with Crippen LogP contribution in [0.3, 0.4) is 0 Å². The molecule has 1 fully saturated rings. The van der Waals surface area contributed by atoms with Gasteiger partial charge in [-0.25, -0.2) is 9.97 Å². The van der Waals surface area contributed by atoms with E-state index in [-0.39, 0.29) is 11.8 Å². The molecule has 0 unspecified atom stereocenters. The van der Waals surface area contributed by atoms with Crippen molar-refractivity contribution in [2.45, 2.75) is 43.5 Å². The van der Waals surface area contributed by atoms with E-state index >= 15 is 0 Å². The van der Waals surface area contributed by atoms with Crippen LogP contribution in [0.25, 0.3) is 0 Å². The van der Waals surface area contributed by atoms with E-state index in [1.165, 1.54) is 11.1 Å². The number of rotatable bonds is 5. The number of hydrogen-bond acceptors (Lipinski definition) is 5. The van der Waals surface area contributed by atoms with Gasteiger partial charge in [0.25, 0.3) is 0 Å². The Hall–Kier alpha value is -2.86. The van der Waals surface area contributed by atoms with E-state index in [1.807, 2.05) is 12.1 Å². The summed E-state index contributed by atoms with van der Waals surface area (Å²) < 4.78 is 0. The molecule has 31 heavy (non-hydrogen) atoms. The smallest absolute Gasteiger partial charge is 0.227 e. The van der Waals surface area contributed by atoms with Crippen molar-refractivity contribution in [3.63, 3.8) is 0 Å². The maximum Gasteiger partial charge on any atom is 0.227 e. The topological polar surface area (TPSA) is 58.1 Å². The summed E-state index contributed by atoms with van der Waals surface area (Å²) in [5.41, 5.74) is 4.47. The number of carbonyl (C=O) groups is 1. The number of carbonyl (C=O) groups excluding carboxylic acids is 1. The van der Waals surface area contributed by atoms with Crippen LogP contribution < -0.4 is 10.2 Å². The van der Waals surface area contributed by atoms with Gasteiger partial charge in [0.05, 0.1) is 0 Å². The standard InChI is InChI=1S/C25H28N4OS/c1-17-7-9-21(10-8-17)31-25-23(26-13-14-27-25)29-15-11-20(12-16-29)24(30)28-22-6-4-5-18(2)19(22)3/h4-10,13-14,20H,11-12,15-16H2,1-3H3,(H,28,30). The molecule has 0 atom stereocenters. The van der Waals surface area contributed by atoms with Crippen molar-refractivity contribution < 1.29 is 4.79 Å². The van der Waals surface area contributed by atoms with Crippen molar-refractivity contribution in [3.8, 4) is 0 Å². The lowest BCUT2D eigenvalue weighted by molar-refractivity contribution is -0.120. The Morgan fingerprint density at radius 1 is 1.00 bits per heavy atom. The zero-order valence-electron chi connectivity index (χ0n) is 18.3. The fourth-order valence-corrected chi connectivity index (χ4v) is 4.68. The Balaban J connectivity index is 1.40. The molecule has 6 heteroatoms. The molecule has 1 aromatic heterocycles. The summed E-state index contributed by atoms with van der Waals surface area (Å²) in [7, 11) is 0. The number of hydrogen-bond donors (Lipinski definition) is 1. The van der Waals surface area contributed by atoms with Crippen molar-refractivity contribution in [1.82, 2.24) is 9.97 Å². The molecule has 0 bridgehead atoms. The molecular weight excluding hydrogens is 404 g/mol. The van der Waals surface area contributed by atoms with E-state index in [0.29, 0.717) is 0 Å². The van der Waals surface area contributed by atoms with E-state index in [4.69, 9.17) is 0 Å². The second-order valence-electron chi connectivity index (χ2n) is 8.10. The van der Waals surface area contributed by atoms with Crippen LogP contribution in [0, 0.1) is 26.7 Å². The third-order valence-electron chi connectivity index (χ3n) is 5.91. The van der Waals surface area contributed by atoms with Gasteiger partial charge in [0.2, 0.25) is 5.91 Å². The predicted octanol–water partition coefficient (Wildman–Crippen LogP) is 5.41. The first-order valence-electron chi connectivity index (χ1n) is 10.7. The van der Waals surface area contributed by atoms with Crippen molar-refractivity contribution >= 4 is 29.2 Å². The molecule has 0 saturated carbocycles. The molecule has 5 nitrogen and oxygen atoms in total. The lowest BCUT2D eigenvalue weighted by Gasteiger charge is -2.32. The molecule has 4 rings (SSSR count). The van der Waals surface area contributed by atoms with Gasteiger partial charge in [-0.15, -0.1) is 0 Å². The van der Waals surface area contributed by atoms with Crippen LogP contribution >= 0.6 is 11.8 Å². The first-order chi connectivity index (χ1) is 15.0. The highest BCUT2D eigenvalue weighted by molar-refractivity contribution is 7.99. The van der Waals surface area contributed by atoms with Crippen LogP contribution in [-0.4, -0.2) is 29.0 Å². The minimum Gasteiger partial charge on any atom is -0.354 e. The minimum atomic E-state index is 0.0148. The zero-order chi connectivity index (χ0) is 21.8. The number of piperidine rings is 1. The molecule has 1 N–H and O–H groups in total. The van der Waals surface area contributed by atoms with Gasteiger partial charge in [-0.2, -0.15) is 0 Å². The molecular formula is C25H28N4OS. The molecule has 0 aliphatic carbocycles. The van der Waals surface area contributed by atoms with Crippen LogP contribution in [0.5, 0.6) is 0 Å². The third kappa shape index (κ3) is 5.07. The molecule has 160 valence electrons. The SMILES string of the molecule is Cc1ccc(Sc2nccnc2N2CCC(C(=O)Nc3cccc(C)c3C)CC2)cc1. The highest BCUT2D eigenvalue weighted by atomic mass is 32.2. The van der Waals surface area contributed by atoms with Crippen LogP contribution in [0.1, 0.15) is 29.5 Å². The Morgan fingerprint density at radius 2 is 1.71 bits per heavy atom. The molecule has 1 amide bonds. The summed E-state index contributed by atoms with van der Waals surface area (Å²) in [4.78, 5) is 25.4. The van der Waals surface area contributed by atoms with E-state index in [0.717, 1.165) is 52.9 Å². The summed E-state index contributed by atoms with van der Waals surface area (Å²) in [6, 6.07) is 14.5. The number of amides is 1. The number of benzene rings is 2. The minimum absolute atomic E-state index is 0.0148. The Bertz CT molecular complexity index is 1060. The summed E-state index contributed by atoms with van der Waals surface area (Å²) in [5.74, 6) is 1.03. The summed E-state index contributed by atoms with van der Waals surface area (Å²) in [6.07, 6.45) is 5.10. The summed E-state index contributed by atoms with van der Waals surface area (Å²) in [5, 5.41) is 4.04. The van der Waals surface area contributed by atoms with Gasteiger partial charge in [0, 0.05) is 42.0 Å². The molecule has 1 aliphatic rings. The second-order valence-corrected chi connectivity index (χ2v) is 9.16. The van der Waals surface area contributed by atoms with Gasteiger partial charge in [-0.1, -0.05) is 41.6 Å². The maximum atomic E-state index is 12.8. The quantitative estimate of drug-likeness (QED) is 0.584. The summed E-state index contributed by atoms with van der Waals surface area (Å²) >= 11 is 1.63. The zero-order valence-corrected chi connectivity index (χ0v) is 19.1. The van der Waals surface area contributed by atoms with Gasteiger partial charge in [0.15, 0.2) is 5.82 Å². The monoisotopic (exact) mass is 432 g/mol. The van der Waals surface area contributed by atoms with Crippen molar-refractivity contribution in [2.75, 3.05) is 23.3 Å². The molecule has 2 aromatic carbocycles. The highest BCUT2D eigenvalue weighted by Gasteiger charge is 2.27. The molecule has 0 radical (unpaired) electrons. The van der Waals surface area contributed by atoms with Gasteiger partial charge in [-0.05, 0) is 62.9 Å². The highest BCUT2D eigenvalue weighted by Crippen LogP contribution is 2.34. The Labute approximate surface area is 188 Å². The molecule has 1 aliphatic heterocycles. The number of nitrogens with one attached hydrogen (secondary N) is 1. The number of nitrogens with zero attached hydrogens (tertiary/aromatic N) is 3. The van der Waals surface area contributed by atoms with Crippen LogP contribution in [0.15, 0.2) is 64.8 Å². The number of anilines is 2. The van der Waals surface area contributed by atoms with Crippen molar-refractivity contribution in [3.05, 3.63) is 71.5 Å². The second kappa shape index (κ2) is 9.52. The van der Waals surface area contributed by atoms with E-state index in [9.17, 15) is 4.79 Å². The lowest BCUT2D eigenvalue weighted by atomic mass is 9.95. The predicted molar refractivity (Wildman–Crippen MR) is 127 cm³/mol.